The van der Waals surface area contributed by atoms with Gasteiger partial charge in [-0.25, -0.2) is 0 Å². The number of hydrogen-bond donors (Lipinski definition) is 0. The molecular formula is C15H14ClNO3S. The third-order valence-electron chi connectivity index (χ3n) is 3.14. The maximum atomic E-state index is 12.3. The Morgan fingerprint density at radius 1 is 1.05 bits per heavy atom. The van der Waals surface area contributed by atoms with E-state index in [1.165, 1.54) is 18.2 Å². The molecule has 0 unspecified atom stereocenters. The van der Waals surface area contributed by atoms with Crippen LogP contribution in [0.1, 0.15) is 19.4 Å². The molecule has 0 N–H and O–H groups in total. The highest BCUT2D eigenvalue weighted by atomic mass is 35.5. The van der Waals surface area contributed by atoms with E-state index >= 15 is 0 Å². The van der Waals surface area contributed by atoms with Gasteiger partial charge in [0, 0.05) is 5.57 Å². The van der Waals surface area contributed by atoms with Crippen LogP contribution in [-0.2, 0) is 14.8 Å². The first-order valence-corrected chi connectivity index (χ1v) is 8.05. The van der Waals surface area contributed by atoms with Gasteiger partial charge in [-0.05, 0) is 44.6 Å². The lowest BCUT2D eigenvalue weighted by atomic mass is 9.98. The molecule has 0 radical (unpaired) electrons. The van der Waals surface area contributed by atoms with Gasteiger partial charge in [-0.3, -0.25) is 4.79 Å². The Labute approximate surface area is 128 Å². The minimum atomic E-state index is -3.86. The topological polar surface area (TPSA) is 63.6 Å². The fourth-order valence-electron chi connectivity index (χ4n) is 1.88. The van der Waals surface area contributed by atoms with Crippen LogP contribution in [-0.4, -0.2) is 19.9 Å². The fourth-order valence-corrected chi connectivity index (χ4v) is 3.10. The number of ketones is 1. The third-order valence-corrected chi connectivity index (χ3v) is 4.93. The van der Waals surface area contributed by atoms with Gasteiger partial charge < -0.3 is 0 Å². The number of rotatable bonds is 2. The van der Waals surface area contributed by atoms with Gasteiger partial charge in [0.25, 0.3) is 10.0 Å². The lowest BCUT2D eigenvalue weighted by Crippen LogP contribution is -2.15. The van der Waals surface area contributed by atoms with Gasteiger partial charge in [0.15, 0.2) is 5.78 Å². The molecule has 0 bridgehead atoms. The van der Waals surface area contributed by atoms with E-state index in [1.807, 2.05) is 6.92 Å². The molecule has 0 saturated heterocycles. The predicted molar refractivity (Wildman–Crippen MR) is 83.1 cm³/mol. The number of halogens is 1. The average molecular weight is 324 g/mol. The second kappa shape index (κ2) is 5.58. The van der Waals surface area contributed by atoms with E-state index in [0.717, 1.165) is 5.56 Å². The molecule has 0 aromatic heterocycles. The molecule has 0 aliphatic heterocycles. The van der Waals surface area contributed by atoms with Crippen molar-refractivity contribution >= 4 is 33.1 Å². The molecule has 0 spiro atoms. The summed E-state index contributed by atoms with van der Waals surface area (Å²) in [4.78, 5) is 11.8. The van der Waals surface area contributed by atoms with Crippen LogP contribution in [0.2, 0.25) is 0 Å². The van der Waals surface area contributed by atoms with Crippen molar-refractivity contribution in [1.29, 1.82) is 0 Å². The highest BCUT2D eigenvalue weighted by Gasteiger charge is 2.23. The van der Waals surface area contributed by atoms with Crippen LogP contribution in [0.25, 0.3) is 0 Å². The van der Waals surface area contributed by atoms with E-state index < -0.39 is 10.0 Å². The Balaban J connectivity index is 2.52. The van der Waals surface area contributed by atoms with Crippen molar-refractivity contribution in [3.05, 3.63) is 52.1 Å². The molecule has 110 valence electrons. The number of carbonyl (C=O) groups excluding carboxylic acids is 1. The van der Waals surface area contributed by atoms with Gasteiger partial charge in [-0.15, -0.1) is 0 Å². The van der Waals surface area contributed by atoms with Gasteiger partial charge >= 0.3 is 0 Å². The van der Waals surface area contributed by atoms with Crippen molar-refractivity contribution in [1.82, 2.24) is 0 Å². The molecule has 0 amide bonds. The standard InChI is InChI=1S/C15H14ClNO3S/c1-9-4-6-12(7-5-9)21(19,20)17-13-8-10(2)15(18)11(3)14(13)16/h4-8H,1-3H3. The zero-order valence-corrected chi connectivity index (χ0v) is 13.4. The molecule has 0 heterocycles. The van der Waals surface area contributed by atoms with Crippen LogP contribution in [0.4, 0.5) is 0 Å². The summed E-state index contributed by atoms with van der Waals surface area (Å²) in [5.41, 5.74) is 1.76. The number of sulfonamides is 1. The molecule has 4 nitrogen and oxygen atoms in total. The monoisotopic (exact) mass is 323 g/mol. The second-order valence-electron chi connectivity index (χ2n) is 4.86. The first-order chi connectivity index (χ1) is 9.72. The largest absolute Gasteiger partial charge is 0.289 e. The Hall–Kier alpha value is -1.72. The van der Waals surface area contributed by atoms with Crippen LogP contribution in [0.15, 0.2) is 55.8 Å². The molecule has 1 aliphatic rings. The average Bonchev–Trinajstić information content (AvgIpc) is 2.42. The van der Waals surface area contributed by atoms with E-state index in [0.29, 0.717) is 11.1 Å². The highest BCUT2D eigenvalue weighted by Crippen LogP contribution is 2.24. The second-order valence-corrected chi connectivity index (χ2v) is 6.84. The van der Waals surface area contributed by atoms with E-state index in [4.69, 9.17) is 11.6 Å². The summed E-state index contributed by atoms with van der Waals surface area (Å²) < 4.78 is 28.3. The van der Waals surface area contributed by atoms with Crippen LogP contribution in [0.3, 0.4) is 0 Å². The number of nitrogens with zero attached hydrogens (tertiary/aromatic N) is 1. The zero-order valence-electron chi connectivity index (χ0n) is 11.8. The minimum Gasteiger partial charge on any atom is -0.289 e. The molecule has 1 aromatic carbocycles. The van der Waals surface area contributed by atoms with Crippen LogP contribution >= 0.6 is 11.6 Å². The molecular weight excluding hydrogens is 310 g/mol. The maximum Gasteiger partial charge on any atom is 0.282 e. The smallest absolute Gasteiger partial charge is 0.282 e. The number of aryl methyl sites for hydroxylation is 1. The minimum absolute atomic E-state index is 0.0706. The SMILES string of the molecule is CC1=CC(=NS(=O)(=O)c2ccc(C)cc2)C(Cl)=C(C)C1=O. The first-order valence-electron chi connectivity index (χ1n) is 6.24. The van der Waals surface area contributed by atoms with Gasteiger partial charge in [0.2, 0.25) is 0 Å². The number of benzene rings is 1. The lowest BCUT2D eigenvalue weighted by molar-refractivity contribution is -0.112. The summed E-state index contributed by atoms with van der Waals surface area (Å²) in [5.74, 6) is -0.202. The summed E-state index contributed by atoms with van der Waals surface area (Å²) in [7, 11) is -3.86. The van der Waals surface area contributed by atoms with E-state index in [9.17, 15) is 13.2 Å². The van der Waals surface area contributed by atoms with Crippen molar-refractivity contribution in [2.24, 2.45) is 4.40 Å². The normalized spacial score (nSPS) is 18.2. The maximum absolute atomic E-state index is 12.3. The van der Waals surface area contributed by atoms with Crippen molar-refractivity contribution in [2.75, 3.05) is 0 Å². The highest BCUT2D eigenvalue weighted by molar-refractivity contribution is 7.90. The predicted octanol–water partition coefficient (Wildman–Crippen LogP) is 3.17. The van der Waals surface area contributed by atoms with Crippen LogP contribution < -0.4 is 0 Å². The van der Waals surface area contributed by atoms with Gasteiger partial charge in [-0.1, -0.05) is 29.3 Å². The molecule has 21 heavy (non-hydrogen) atoms. The van der Waals surface area contributed by atoms with Crippen molar-refractivity contribution in [3.8, 4) is 0 Å². The summed E-state index contributed by atoms with van der Waals surface area (Å²) >= 11 is 6.03. The van der Waals surface area contributed by atoms with Gasteiger partial charge in [-0.2, -0.15) is 12.8 Å². The summed E-state index contributed by atoms with van der Waals surface area (Å²) in [5, 5.41) is 0.0706. The summed E-state index contributed by atoms with van der Waals surface area (Å²) in [6.45, 7) is 5.02. The number of hydrogen-bond acceptors (Lipinski definition) is 3. The fraction of sp³-hybridized carbons (Fsp3) is 0.200. The van der Waals surface area contributed by atoms with Crippen LogP contribution in [0.5, 0.6) is 0 Å². The number of Topliss-reactive ketones (excluding diaryl/α,β-unsaturated/α-hetero) is 1. The number of allylic oxidation sites excluding steroid dienone is 4. The number of carbonyl (C=O) groups is 1. The van der Waals surface area contributed by atoms with E-state index in [2.05, 4.69) is 4.40 Å². The van der Waals surface area contributed by atoms with Gasteiger partial charge in [0.05, 0.1) is 15.6 Å². The Morgan fingerprint density at radius 3 is 2.19 bits per heavy atom. The molecule has 1 aliphatic carbocycles. The molecule has 1 aromatic rings. The molecule has 0 fully saturated rings. The van der Waals surface area contributed by atoms with E-state index in [-0.39, 0.29) is 21.4 Å². The molecule has 0 atom stereocenters. The Bertz CT molecular complexity index is 800. The van der Waals surface area contributed by atoms with Crippen molar-refractivity contribution in [3.63, 3.8) is 0 Å². The van der Waals surface area contributed by atoms with E-state index in [1.54, 1.807) is 26.0 Å². The zero-order chi connectivity index (χ0) is 15.8. The quantitative estimate of drug-likeness (QED) is 0.785. The van der Waals surface area contributed by atoms with Gasteiger partial charge in [0.1, 0.15) is 0 Å². The third kappa shape index (κ3) is 3.14. The molecule has 6 heteroatoms. The van der Waals surface area contributed by atoms with Crippen molar-refractivity contribution < 1.29 is 13.2 Å². The lowest BCUT2D eigenvalue weighted by Gasteiger charge is -2.12. The first kappa shape index (κ1) is 15.7. The summed E-state index contributed by atoms with van der Waals surface area (Å²) in [6.07, 6.45) is 1.39. The van der Waals surface area contributed by atoms with Crippen molar-refractivity contribution in [2.45, 2.75) is 25.7 Å². The Morgan fingerprint density at radius 2 is 1.62 bits per heavy atom. The van der Waals surface area contributed by atoms with Crippen LogP contribution in [0, 0.1) is 6.92 Å². The molecule has 0 saturated carbocycles. The Kier molecular flexibility index (Phi) is 4.16. The summed E-state index contributed by atoms with van der Waals surface area (Å²) in [6, 6.07) is 6.37. The molecule has 2 rings (SSSR count).